The molecule has 0 saturated carbocycles. The molecule has 0 spiro atoms. The fraction of sp³-hybridized carbons (Fsp3) is 0.556. The van der Waals surface area contributed by atoms with Crippen LogP contribution < -0.4 is 10.6 Å². The lowest BCUT2D eigenvalue weighted by atomic mass is 9.89. The molecule has 0 aliphatic carbocycles. The summed E-state index contributed by atoms with van der Waals surface area (Å²) in [6.07, 6.45) is 5.56. The smallest absolute Gasteiger partial charge is 0.245 e. The average molecular weight is 302 g/mol. The highest BCUT2D eigenvalue weighted by Gasteiger charge is 2.38. The van der Waals surface area contributed by atoms with Crippen molar-refractivity contribution >= 4 is 11.8 Å². The van der Waals surface area contributed by atoms with Crippen LogP contribution in [0.2, 0.25) is 0 Å². The second-order valence-corrected chi connectivity index (χ2v) is 6.04. The maximum absolute atomic E-state index is 12.5. The lowest BCUT2D eigenvalue weighted by Crippen LogP contribution is -2.57. The van der Waals surface area contributed by atoms with Crippen LogP contribution in [0.1, 0.15) is 51.0 Å². The molecule has 1 saturated heterocycles. The van der Waals surface area contributed by atoms with Crippen LogP contribution in [0.3, 0.4) is 0 Å². The molecule has 2 rings (SSSR count). The molecule has 4 heteroatoms. The third-order valence-electron chi connectivity index (χ3n) is 4.44. The van der Waals surface area contributed by atoms with Crippen LogP contribution in [-0.2, 0) is 16.0 Å². The van der Waals surface area contributed by atoms with Gasteiger partial charge in [0.2, 0.25) is 11.8 Å². The van der Waals surface area contributed by atoms with Crippen molar-refractivity contribution in [3.05, 3.63) is 35.9 Å². The van der Waals surface area contributed by atoms with Gasteiger partial charge >= 0.3 is 0 Å². The zero-order chi connectivity index (χ0) is 15.8. The molecule has 1 aliphatic heterocycles. The number of amides is 2. The van der Waals surface area contributed by atoms with E-state index in [2.05, 4.69) is 22.8 Å². The van der Waals surface area contributed by atoms with Crippen LogP contribution in [0.15, 0.2) is 30.3 Å². The van der Waals surface area contributed by atoms with Crippen molar-refractivity contribution in [1.82, 2.24) is 10.6 Å². The highest BCUT2D eigenvalue weighted by Crippen LogP contribution is 2.23. The molecular weight excluding hydrogens is 276 g/mol. The van der Waals surface area contributed by atoms with E-state index >= 15 is 0 Å². The number of benzene rings is 1. The molecule has 120 valence electrons. The van der Waals surface area contributed by atoms with Crippen molar-refractivity contribution < 1.29 is 9.59 Å². The van der Waals surface area contributed by atoms with Gasteiger partial charge in [-0.25, -0.2) is 0 Å². The molecule has 2 amide bonds. The minimum absolute atomic E-state index is 0.00112. The van der Waals surface area contributed by atoms with Crippen LogP contribution in [-0.4, -0.2) is 23.9 Å². The van der Waals surface area contributed by atoms with Crippen LogP contribution in [0.4, 0.5) is 0 Å². The fourth-order valence-corrected chi connectivity index (χ4v) is 3.01. The summed E-state index contributed by atoms with van der Waals surface area (Å²) in [5.41, 5.74) is 0.574. The SMILES string of the molecule is CCC1(C(=O)NCCCc2ccccc2)CCCCC(=O)N1. The van der Waals surface area contributed by atoms with Gasteiger partial charge in [0.05, 0.1) is 0 Å². The minimum atomic E-state index is -0.708. The Balaban J connectivity index is 1.83. The second-order valence-electron chi connectivity index (χ2n) is 6.04. The average Bonchev–Trinajstić information content (AvgIpc) is 2.74. The molecule has 1 aromatic carbocycles. The summed E-state index contributed by atoms with van der Waals surface area (Å²) >= 11 is 0. The normalized spacial score (nSPS) is 21.8. The van der Waals surface area contributed by atoms with Gasteiger partial charge < -0.3 is 10.6 Å². The summed E-state index contributed by atoms with van der Waals surface area (Å²) in [6.45, 7) is 2.61. The molecule has 1 fully saturated rings. The van der Waals surface area contributed by atoms with Crippen molar-refractivity contribution in [2.75, 3.05) is 6.54 Å². The standard InChI is InChI=1S/C18H26N2O2/c1-2-18(13-7-6-12-16(21)20-18)17(22)19-14-8-11-15-9-4-3-5-10-15/h3-5,9-10H,2,6-8,11-14H2,1H3,(H,19,22)(H,20,21). The van der Waals surface area contributed by atoms with Gasteiger partial charge in [-0.1, -0.05) is 43.7 Å². The van der Waals surface area contributed by atoms with Crippen molar-refractivity contribution in [2.45, 2.75) is 57.4 Å². The van der Waals surface area contributed by atoms with E-state index in [1.165, 1.54) is 5.56 Å². The van der Waals surface area contributed by atoms with Gasteiger partial charge in [-0.3, -0.25) is 9.59 Å². The van der Waals surface area contributed by atoms with Crippen LogP contribution in [0, 0.1) is 0 Å². The first-order valence-corrected chi connectivity index (χ1v) is 8.29. The first-order valence-electron chi connectivity index (χ1n) is 8.29. The molecule has 2 N–H and O–H groups in total. The zero-order valence-electron chi connectivity index (χ0n) is 13.4. The largest absolute Gasteiger partial charge is 0.354 e. The van der Waals surface area contributed by atoms with Crippen LogP contribution in [0.25, 0.3) is 0 Å². The third-order valence-corrected chi connectivity index (χ3v) is 4.44. The number of carbonyl (C=O) groups is 2. The number of hydrogen-bond acceptors (Lipinski definition) is 2. The maximum atomic E-state index is 12.5. The highest BCUT2D eigenvalue weighted by atomic mass is 16.2. The van der Waals surface area contributed by atoms with E-state index < -0.39 is 5.54 Å². The third kappa shape index (κ3) is 4.33. The Hall–Kier alpha value is -1.84. The molecule has 22 heavy (non-hydrogen) atoms. The molecule has 0 radical (unpaired) electrons. The van der Waals surface area contributed by atoms with E-state index in [9.17, 15) is 9.59 Å². The van der Waals surface area contributed by atoms with Gasteiger partial charge in [0.15, 0.2) is 0 Å². The van der Waals surface area contributed by atoms with Crippen molar-refractivity contribution in [3.8, 4) is 0 Å². The van der Waals surface area contributed by atoms with Gasteiger partial charge in [-0.05, 0) is 37.7 Å². The molecule has 1 heterocycles. The van der Waals surface area contributed by atoms with Gasteiger partial charge in [0.25, 0.3) is 0 Å². The van der Waals surface area contributed by atoms with E-state index in [1.807, 2.05) is 25.1 Å². The van der Waals surface area contributed by atoms with Gasteiger partial charge in [-0.2, -0.15) is 0 Å². The van der Waals surface area contributed by atoms with E-state index in [1.54, 1.807) is 0 Å². The molecule has 1 aromatic rings. The van der Waals surface area contributed by atoms with Crippen molar-refractivity contribution in [2.24, 2.45) is 0 Å². The Kier molecular flexibility index (Phi) is 5.99. The first kappa shape index (κ1) is 16.5. The summed E-state index contributed by atoms with van der Waals surface area (Å²) in [5, 5.41) is 5.96. The molecule has 1 atom stereocenters. The molecule has 0 aromatic heterocycles. The lowest BCUT2D eigenvalue weighted by molar-refractivity contribution is -0.133. The van der Waals surface area contributed by atoms with E-state index in [0.717, 1.165) is 32.1 Å². The summed E-state index contributed by atoms with van der Waals surface area (Å²) in [6, 6.07) is 10.3. The van der Waals surface area contributed by atoms with Gasteiger partial charge in [0.1, 0.15) is 5.54 Å². The van der Waals surface area contributed by atoms with Crippen molar-refractivity contribution in [1.29, 1.82) is 0 Å². The number of aryl methyl sites for hydroxylation is 1. The summed E-state index contributed by atoms with van der Waals surface area (Å²) in [5.74, 6) is -0.0305. The monoisotopic (exact) mass is 302 g/mol. The number of carbonyl (C=O) groups excluding carboxylic acids is 2. The van der Waals surface area contributed by atoms with Gasteiger partial charge in [0, 0.05) is 13.0 Å². The Morgan fingerprint density at radius 3 is 2.77 bits per heavy atom. The number of nitrogens with one attached hydrogen (secondary N) is 2. The maximum Gasteiger partial charge on any atom is 0.245 e. The van der Waals surface area contributed by atoms with E-state index in [0.29, 0.717) is 19.4 Å². The Labute approximate surface area is 132 Å². The molecule has 1 unspecified atom stereocenters. The van der Waals surface area contributed by atoms with Crippen LogP contribution >= 0.6 is 0 Å². The Bertz CT molecular complexity index is 501. The minimum Gasteiger partial charge on any atom is -0.354 e. The predicted molar refractivity (Wildman–Crippen MR) is 87.4 cm³/mol. The fourth-order valence-electron chi connectivity index (χ4n) is 3.01. The molecular formula is C18H26N2O2. The molecule has 4 nitrogen and oxygen atoms in total. The number of hydrogen-bond donors (Lipinski definition) is 2. The van der Waals surface area contributed by atoms with Crippen LogP contribution in [0.5, 0.6) is 0 Å². The van der Waals surface area contributed by atoms with E-state index in [-0.39, 0.29) is 11.8 Å². The predicted octanol–water partition coefficient (Wildman–Crippen LogP) is 2.57. The Morgan fingerprint density at radius 1 is 1.27 bits per heavy atom. The summed E-state index contributed by atoms with van der Waals surface area (Å²) in [7, 11) is 0. The Morgan fingerprint density at radius 2 is 2.05 bits per heavy atom. The number of rotatable bonds is 6. The highest BCUT2D eigenvalue weighted by molar-refractivity contribution is 5.91. The molecule has 0 bridgehead atoms. The summed E-state index contributed by atoms with van der Waals surface area (Å²) in [4.78, 5) is 24.3. The quantitative estimate of drug-likeness (QED) is 0.794. The second kappa shape index (κ2) is 7.97. The topological polar surface area (TPSA) is 58.2 Å². The molecule has 1 aliphatic rings. The van der Waals surface area contributed by atoms with Gasteiger partial charge in [-0.15, -0.1) is 0 Å². The zero-order valence-corrected chi connectivity index (χ0v) is 13.4. The van der Waals surface area contributed by atoms with Crippen molar-refractivity contribution in [3.63, 3.8) is 0 Å². The lowest BCUT2D eigenvalue weighted by Gasteiger charge is -2.31. The summed E-state index contributed by atoms with van der Waals surface area (Å²) < 4.78 is 0. The first-order chi connectivity index (χ1) is 10.7. The van der Waals surface area contributed by atoms with E-state index in [4.69, 9.17) is 0 Å².